The number of nitrogens with zero attached hydrogens (tertiary/aromatic N) is 1. The molecule has 4 aliphatic rings. The van der Waals surface area contributed by atoms with Crippen molar-refractivity contribution in [1.29, 1.82) is 0 Å². The average Bonchev–Trinajstić information content (AvgIpc) is 2.82. The van der Waals surface area contributed by atoms with Crippen molar-refractivity contribution >= 4 is 11.5 Å². The molecule has 4 nitrogen and oxygen atoms in total. The van der Waals surface area contributed by atoms with Crippen molar-refractivity contribution in [2.45, 2.75) is 46.2 Å². The molecule has 2 atom stereocenters. The van der Waals surface area contributed by atoms with Crippen LogP contribution < -0.4 is 5.32 Å². The number of carbonyl (C=O) groups is 1. The molecule has 0 radical (unpaired) electrons. The van der Waals surface area contributed by atoms with Crippen LogP contribution in [0.2, 0.25) is 0 Å². The topological polar surface area (TPSA) is 50.7 Å². The smallest absolute Gasteiger partial charge is 0.188 e. The quantitative estimate of drug-likeness (QED) is 0.757. The summed E-state index contributed by atoms with van der Waals surface area (Å²) < 4.78 is 5.50. The lowest BCUT2D eigenvalue weighted by atomic mass is 9.62. The lowest BCUT2D eigenvalue weighted by Crippen LogP contribution is -2.46. The summed E-state index contributed by atoms with van der Waals surface area (Å²) in [5.41, 5.74) is 4.99. The molecule has 2 aliphatic heterocycles. The average molecular weight is 300 g/mol. The summed E-state index contributed by atoms with van der Waals surface area (Å²) in [5.74, 6) is 1.25. The highest BCUT2D eigenvalue weighted by atomic mass is 16.5. The van der Waals surface area contributed by atoms with Gasteiger partial charge in [-0.15, -0.1) is 0 Å². The summed E-state index contributed by atoms with van der Waals surface area (Å²) in [7, 11) is 0. The summed E-state index contributed by atoms with van der Waals surface area (Å²) in [5, 5.41) is 3.63. The Morgan fingerprint density at radius 2 is 1.82 bits per heavy atom. The second kappa shape index (κ2) is 4.54. The Labute approximate surface area is 131 Å². The number of hydrogen-bond donors (Lipinski definition) is 1. The van der Waals surface area contributed by atoms with Gasteiger partial charge < -0.3 is 10.1 Å². The van der Waals surface area contributed by atoms with Gasteiger partial charge in [0.1, 0.15) is 5.66 Å². The van der Waals surface area contributed by atoms with Crippen LogP contribution in [-0.2, 0) is 9.53 Å². The zero-order valence-corrected chi connectivity index (χ0v) is 13.8. The number of ether oxygens (including phenoxy) is 1. The number of aliphatic imine (C=N–C) groups is 1. The van der Waals surface area contributed by atoms with E-state index < -0.39 is 0 Å². The lowest BCUT2D eigenvalue weighted by Gasteiger charge is -2.41. The predicted molar refractivity (Wildman–Crippen MR) is 85.6 cm³/mol. The molecule has 1 saturated heterocycles. The molecule has 0 bridgehead atoms. The molecule has 0 aromatic heterocycles. The zero-order chi connectivity index (χ0) is 15.6. The molecular weight excluding hydrogens is 276 g/mol. The third kappa shape index (κ3) is 1.67. The van der Waals surface area contributed by atoms with E-state index in [9.17, 15) is 4.79 Å². The van der Waals surface area contributed by atoms with E-state index in [4.69, 9.17) is 9.73 Å². The van der Waals surface area contributed by atoms with Crippen molar-refractivity contribution in [2.75, 3.05) is 13.2 Å². The van der Waals surface area contributed by atoms with Gasteiger partial charge in [-0.1, -0.05) is 27.7 Å². The Bertz CT molecular complexity index is 648. The maximum Gasteiger partial charge on any atom is 0.188 e. The molecule has 1 fully saturated rings. The Kier molecular flexibility index (Phi) is 2.93. The summed E-state index contributed by atoms with van der Waals surface area (Å²) in [4.78, 5) is 18.1. The van der Waals surface area contributed by atoms with E-state index in [0.29, 0.717) is 11.8 Å². The minimum Gasteiger partial charge on any atom is -0.381 e. The normalized spacial score (nSPS) is 32.8. The van der Waals surface area contributed by atoms with E-state index in [1.54, 1.807) is 0 Å². The van der Waals surface area contributed by atoms with Gasteiger partial charge in [0.05, 0.1) is 24.6 Å². The third-order valence-electron chi connectivity index (χ3n) is 5.78. The van der Waals surface area contributed by atoms with E-state index in [1.807, 2.05) is 0 Å². The van der Waals surface area contributed by atoms with Crippen LogP contribution in [0, 0.1) is 17.8 Å². The van der Waals surface area contributed by atoms with Gasteiger partial charge in [0, 0.05) is 24.0 Å². The van der Waals surface area contributed by atoms with Crippen molar-refractivity contribution in [3.05, 3.63) is 22.4 Å². The van der Waals surface area contributed by atoms with E-state index in [2.05, 4.69) is 33.0 Å². The first-order valence-corrected chi connectivity index (χ1v) is 8.44. The van der Waals surface area contributed by atoms with Gasteiger partial charge in [0.25, 0.3) is 0 Å². The van der Waals surface area contributed by atoms with Crippen molar-refractivity contribution in [1.82, 2.24) is 5.32 Å². The van der Waals surface area contributed by atoms with Gasteiger partial charge in [-0.05, 0) is 23.3 Å². The minimum absolute atomic E-state index is 0.215. The Morgan fingerprint density at radius 3 is 2.45 bits per heavy atom. The van der Waals surface area contributed by atoms with Crippen LogP contribution in [0.25, 0.3) is 0 Å². The molecule has 2 unspecified atom stereocenters. The van der Waals surface area contributed by atoms with E-state index in [1.165, 1.54) is 5.57 Å². The molecule has 4 rings (SSSR count). The van der Waals surface area contributed by atoms with Crippen LogP contribution in [0.5, 0.6) is 0 Å². The first-order chi connectivity index (χ1) is 10.5. The zero-order valence-electron chi connectivity index (χ0n) is 13.8. The fraction of sp³-hybridized carbons (Fsp3) is 0.667. The van der Waals surface area contributed by atoms with Crippen LogP contribution in [0.15, 0.2) is 27.4 Å². The highest BCUT2D eigenvalue weighted by Crippen LogP contribution is 2.50. The first-order valence-electron chi connectivity index (χ1n) is 8.44. The van der Waals surface area contributed by atoms with Gasteiger partial charge in [-0.25, -0.2) is 0 Å². The SMILES string of the molecule is CC(C)C1=C2NC3(CCOCC3)N=C2C2=C(C1=O)C(C)C2C. The molecular formula is C18H24N2O2. The molecule has 2 aliphatic carbocycles. The fourth-order valence-electron chi connectivity index (χ4n) is 4.30. The number of allylic oxidation sites excluding steroid dienone is 3. The van der Waals surface area contributed by atoms with Gasteiger partial charge in [-0.3, -0.25) is 9.79 Å². The largest absolute Gasteiger partial charge is 0.381 e. The number of Topliss-reactive ketones (excluding diaryl/α,β-unsaturated/α-hetero) is 1. The van der Waals surface area contributed by atoms with E-state index in [-0.39, 0.29) is 17.4 Å². The fourth-order valence-corrected chi connectivity index (χ4v) is 4.30. The van der Waals surface area contributed by atoms with Gasteiger partial charge in [0.2, 0.25) is 0 Å². The number of fused-ring (bicyclic) bond motifs is 2. The van der Waals surface area contributed by atoms with Crippen molar-refractivity contribution in [3.63, 3.8) is 0 Å². The van der Waals surface area contributed by atoms with Gasteiger partial charge in [0.15, 0.2) is 5.78 Å². The van der Waals surface area contributed by atoms with Crippen molar-refractivity contribution < 1.29 is 9.53 Å². The van der Waals surface area contributed by atoms with Crippen LogP contribution in [0.3, 0.4) is 0 Å². The standard InChI is InChI=1S/C18H24N2O2/c1-9(2)12-15-16(13-10(3)11(4)14(13)17(12)21)20-18(19-15)5-7-22-8-6-18/h9-11,19H,5-8H2,1-4H3. The van der Waals surface area contributed by atoms with E-state index >= 15 is 0 Å². The molecule has 118 valence electrons. The Morgan fingerprint density at radius 1 is 1.18 bits per heavy atom. The molecule has 1 spiro atoms. The number of nitrogens with one attached hydrogen (secondary N) is 1. The molecule has 0 saturated carbocycles. The van der Waals surface area contributed by atoms with Crippen LogP contribution >= 0.6 is 0 Å². The van der Waals surface area contributed by atoms with Crippen LogP contribution in [0.1, 0.15) is 40.5 Å². The second-order valence-electron chi connectivity index (χ2n) is 7.41. The molecule has 0 aromatic rings. The number of ketones is 1. The summed E-state index contributed by atoms with van der Waals surface area (Å²) in [6.45, 7) is 10.1. The first kappa shape index (κ1) is 14.2. The Balaban J connectivity index is 1.86. The van der Waals surface area contributed by atoms with Gasteiger partial charge in [-0.2, -0.15) is 0 Å². The summed E-state index contributed by atoms with van der Waals surface area (Å²) in [6.07, 6.45) is 1.76. The maximum atomic E-state index is 13.0. The lowest BCUT2D eigenvalue weighted by molar-refractivity contribution is -0.113. The minimum atomic E-state index is -0.246. The number of rotatable bonds is 1. The number of carbonyl (C=O) groups excluding carboxylic acids is 1. The highest BCUT2D eigenvalue weighted by molar-refractivity contribution is 6.29. The monoisotopic (exact) mass is 300 g/mol. The van der Waals surface area contributed by atoms with Crippen molar-refractivity contribution in [3.8, 4) is 0 Å². The maximum absolute atomic E-state index is 13.0. The molecule has 1 N–H and O–H groups in total. The van der Waals surface area contributed by atoms with Crippen LogP contribution in [-0.4, -0.2) is 30.4 Å². The van der Waals surface area contributed by atoms with E-state index in [0.717, 1.165) is 48.6 Å². The van der Waals surface area contributed by atoms with Crippen molar-refractivity contribution in [2.24, 2.45) is 22.7 Å². The van der Waals surface area contributed by atoms with Gasteiger partial charge >= 0.3 is 0 Å². The Hall–Kier alpha value is -1.42. The molecule has 0 amide bonds. The predicted octanol–water partition coefficient (Wildman–Crippen LogP) is 2.61. The molecule has 0 aromatic carbocycles. The summed E-state index contributed by atoms with van der Waals surface area (Å²) in [6, 6.07) is 0. The number of hydrogen-bond acceptors (Lipinski definition) is 4. The molecule has 4 heteroatoms. The second-order valence-corrected chi connectivity index (χ2v) is 7.41. The molecule has 2 heterocycles. The van der Waals surface area contributed by atoms with Crippen LogP contribution in [0.4, 0.5) is 0 Å². The summed E-state index contributed by atoms with van der Waals surface area (Å²) >= 11 is 0. The third-order valence-corrected chi connectivity index (χ3v) is 5.78. The highest BCUT2D eigenvalue weighted by Gasteiger charge is 2.51. The molecule has 22 heavy (non-hydrogen) atoms.